The topological polar surface area (TPSA) is 55.3 Å². The van der Waals surface area contributed by atoms with Gasteiger partial charge in [0.05, 0.1) is 12.7 Å². The highest BCUT2D eigenvalue weighted by molar-refractivity contribution is 5.76. The number of benzene rings is 1. The largest absolute Gasteiger partial charge is 0.471 e. The smallest absolute Gasteiger partial charge is 0.232 e. The Labute approximate surface area is 130 Å². The summed E-state index contributed by atoms with van der Waals surface area (Å²) in [5.41, 5.74) is 1.20. The number of carbonyl (C=O) groups is 1. The average Bonchev–Trinajstić information content (AvgIpc) is 3.03. The molecule has 22 heavy (non-hydrogen) atoms. The van der Waals surface area contributed by atoms with Gasteiger partial charge in [0.1, 0.15) is 6.10 Å². The second kappa shape index (κ2) is 7.02. The molecule has 0 saturated carbocycles. The van der Waals surface area contributed by atoms with Gasteiger partial charge in [-0.25, -0.2) is 4.98 Å². The standard InChI is InChI=1S/C17H19N3O2/c21-17(7-6-14-4-2-1-3-5-14)20-11-8-15(13-20)22-16-12-18-9-10-19-16/h1-5,9-10,12,15H,6-8,11,13H2. The molecule has 1 aliphatic rings. The highest BCUT2D eigenvalue weighted by atomic mass is 16.5. The van der Waals surface area contributed by atoms with Gasteiger partial charge in [0.2, 0.25) is 11.8 Å². The van der Waals surface area contributed by atoms with E-state index >= 15 is 0 Å². The molecule has 3 rings (SSSR count). The maximum atomic E-state index is 12.3. The van der Waals surface area contributed by atoms with E-state index in [1.807, 2.05) is 23.1 Å². The van der Waals surface area contributed by atoms with Crippen LogP contribution in [0.3, 0.4) is 0 Å². The van der Waals surface area contributed by atoms with E-state index in [1.54, 1.807) is 18.6 Å². The molecular weight excluding hydrogens is 278 g/mol. The summed E-state index contributed by atoms with van der Waals surface area (Å²) in [6.45, 7) is 1.38. The Morgan fingerprint density at radius 3 is 2.91 bits per heavy atom. The third-order valence-electron chi connectivity index (χ3n) is 3.79. The average molecular weight is 297 g/mol. The van der Waals surface area contributed by atoms with Crippen LogP contribution in [0.1, 0.15) is 18.4 Å². The van der Waals surface area contributed by atoms with Gasteiger partial charge < -0.3 is 9.64 Å². The number of carbonyl (C=O) groups excluding carboxylic acids is 1. The molecule has 5 heteroatoms. The van der Waals surface area contributed by atoms with Crippen LogP contribution in [0.15, 0.2) is 48.9 Å². The van der Waals surface area contributed by atoms with Gasteiger partial charge in [0.25, 0.3) is 0 Å². The van der Waals surface area contributed by atoms with Crippen molar-refractivity contribution >= 4 is 5.91 Å². The molecule has 1 aromatic heterocycles. The van der Waals surface area contributed by atoms with Crippen molar-refractivity contribution in [2.24, 2.45) is 0 Å². The van der Waals surface area contributed by atoms with E-state index in [1.165, 1.54) is 5.56 Å². The first kappa shape index (κ1) is 14.5. The lowest BCUT2D eigenvalue weighted by molar-refractivity contribution is -0.130. The van der Waals surface area contributed by atoms with Crippen molar-refractivity contribution < 1.29 is 9.53 Å². The Morgan fingerprint density at radius 1 is 1.27 bits per heavy atom. The first-order valence-electron chi connectivity index (χ1n) is 7.55. The second-order valence-corrected chi connectivity index (χ2v) is 5.40. The highest BCUT2D eigenvalue weighted by Gasteiger charge is 2.27. The van der Waals surface area contributed by atoms with E-state index in [2.05, 4.69) is 22.1 Å². The number of rotatable bonds is 5. The van der Waals surface area contributed by atoms with Crippen LogP contribution in [-0.2, 0) is 11.2 Å². The van der Waals surface area contributed by atoms with Crippen molar-refractivity contribution in [3.8, 4) is 5.88 Å². The number of hydrogen-bond donors (Lipinski definition) is 0. The molecule has 1 unspecified atom stereocenters. The minimum atomic E-state index is 0.0115. The van der Waals surface area contributed by atoms with Crippen LogP contribution in [-0.4, -0.2) is 40.0 Å². The molecule has 114 valence electrons. The van der Waals surface area contributed by atoms with Gasteiger partial charge in [0.15, 0.2) is 0 Å². The lowest BCUT2D eigenvalue weighted by Crippen LogP contribution is -2.31. The summed E-state index contributed by atoms with van der Waals surface area (Å²) < 4.78 is 5.75. The SMILES string of the molecule is O=C(CCc1ccccc1)N1CCC(Oc2cnccn2)C1. The minimum Gasteiger partial charge on any atom is -0.471 e. The number of ether oxygens (including phenoxy) is 1. The predicted octanol–water partition coefficient (Wildman–Crippen LogP) is 2.09. The molecule has 1 aliphatic heterocycles. The maximum absolute atomic E-state index is 12.3. The zero-order valence-electron chi connectivity index (χ0n) is 12.4. The van der Waals surface area contributed by atoms with E-state index in [0.29, 0.717) is 18.8 Å². The molecule has 1 amide bonds. The van der Waals surface area contributed by atoms with E-state index in [9.17, 15) is 4.79 Å². The molecule has 0 spiro atoms. The van der Waals surface area contributed by atoms with E-state index in [4.69, 9.17) is 4.74 Å². The summed E-state index contributed by atoms with van der Waals surface area (Å²) in [5.74, 6) is 0.709. The Morgan fingerprint density at radius 2 is 2.14 bits per heavy atom. The van der Waals surface area contributed by atoms with Gasteiger partial charge in [-0.05, 0) is 12.0 Å². The molecule has 1 aromatic carbocycles. The summed E-state index contributed by atoms with van der Waals surface area (Å²) in [6.07, 6.45) is 6.99. The van der Waals surface area contributed by atoms with E-state index in [0.717, 1.165) is 19.4 Å². The molecular formula is C17H19N3O2. The third-order valence-corrected chi connectivity index (χ3v) is 3.79. The molecule has 0 aliphatic carbocycles. The third kappa shape index (κ3) is 3.81. The fourth-order valence-corrected chi connectivity index (χ4v) is 2.62. The fourth-order valence-electron chi connectivity index (χ4n) is 2.62. The van der Waals surface area contributed by atoms with Crippen molar-refractivity contribution in [3.05, 3.63) is 54.5 Å². The molecule has 1 atom stereocenters. The minimum absolute atomic E-state index is 0.0115. The van der Waals surface area contributed by atoms with E-state index < -0.39 is 0 Å². The van der Waals surface area contributed by atoms with Gasteiger partial charge >= 0.3 is 0 Å². The summed E-state index contributed by atoms with van der Waals surface area (Å²) in [6, 6.07) is 10.1. The number of aromatic nitrogens is 2. The van der Waals surface area contributed by atoms with Gasteiger partial charge in [-0.15, -0.1) is 0 Å². The molecule has 0 radical (unpaired) electrons. The summed E-state index contributed by atoms with van der Waals surface area (Å²) in [5, 5.41) is 0. The van der Waals surface area contributed by atoms with E-state index in [-0.39, 0.29) is 12.0 Å². The van der Waals surface area contributed by atoms with Crippen molar-refractivity contribution in [2.45, 2.75) is 25.4 Å². The van der Waals surface area contributed by atoms with Crippen LogP contribution in [0.2, 0.25) is 0 Å². The number of amides is 1. The van der Waals surface area contributed by atoms with Crippen LogP contribution in [0.5, 0.6) is 5.88 Å². The first-order valence-corrected chi connectivity index (χ1v) is 7.55. The van der Waals surface area contributed by atoms with Crippen molar-refractivity contribution in [1.82, 2.24) is 14.9 Å². The van der Waals surface area contributed by atoms with Crippen LogP contribution in [0.4, 0.5) is 0 Å². The number of nitrogens with zero attached hydrogens (tertiary/aromatic N) is 3. The molecule has 2 heterocycles. The van der Waals surface area contributed by atoms with Gasteiger partial charge in [0, 0.05) is 31.8 Å². The van der Waals surface area contributed by atoms with Gasteiger partial charge in [-0.3, -0.25) is 9.78 Å². The predicted molar refractivity (Wildman–Crippen MR) is 82.4 cm³/mol. The van der Waals surface area contributed by atoms with Crippen molar-refractivity contribution in [2.75, 3.05) is 13.1 Å². The molecule has 1 fully saturated rings. The quantitative estimate of drug-likeness (QED) is 0.848. The zero-order chi connectivity index (χ0) is 15.2. The molecule has 1 saturated heterocycles. The van der Waals surface area contributed by atoms with Crippen molar-refractivity contribution in [1.29, 1.82) is 0 Å². The monoisotopic (exact) mass is 297 g/mol. The van der Waals surface area contributed by atoms with Crippen LogP contribution >= 0.6 is 0 Å². The Balaban J connectivity index is 1.46. The molecule has 2 aromatic rings. The zero-order valence-corrected chi connectivity index (χ0v) is 12.4. The number of hydrogen-bond acceptors (Lipinski definition) is 4. The maximum Gasteiger partial charge on any atom is 0.232 e. The van der Waals surface area contributed by atoms with Crippen LogP contribution in [0.25, 0.3) is 0 Å². The van der Waals surface area contributed by atoms with Crippen LogP contribution in [0, 0.1) is 0 Å². The second-order valence-electron chi connectivity index (χ2n) is 5.40. The van der Waals surface area contributed by atoms with Gasteiger partial charge in [-0.2, -0.15) is 0 Å². The normalized spacial score (nSPS) is 17.5. The number of aryl methyl sites for hydroxylation is 1. The molecule has 5 nitrogen and oxygen atoms in total. The number of likely N-dealkylation sites (tertiary alicyclic amines) is 1. The van der Waals surface area contributed by atoms with Gasteiger partial charge in [-0.1, -0.05) is 30.3 Å². The Kier molecular flexibility index (Phi) is 4.63. The summed E-state index contributed by atoms with van der Waals surface area (Å²) in [7, 11) is 0. The molecule has 0 N–H and O–H groups in total. The van der Waals surface area contributed by atoms with Crippen molar-refractivity contribution in [3.63, 3.8) is 0 Å². The Hall–Kier alpha value is -2.43. The lowest BCUT2D eigenvalue weighted by Gasteiger charge is -2.16. The lowest BCUT2D eigenvalue weighted by atomic mass is 10.1. The van der Waals surface area contributed by atoms with Crippen LogP contribution < -0.4 is 4.74 Å². The highest BCUT2D eigenvalue weighted by Crippen LogP contribution is 2.17. The Bertz CT molecular complexity index is 604. The fraction of sp³-hybridized carbons (Fsp3) is 0.353. The molecule has 0 bridgehead atoms. The summed E-state index contributed by atoms with van der Waals surface area (Å²) in [4.78, 5) is 22.2. The summed E-state index contributed by atoms with van der Waals surface area (Å²) >= 11 is 0. The first-order chi connectivity index (χ1) is 10.8.